The molecule has 0 saturated carbocycles. The maximum Gasteiger partial charge on any atom is 0.339 e. The van der Waals surface area contributed by atoms with Gasteiger partial charge in [0.1, 0.15) is 17.1 Å². The largest absolute Gasteiger partial charge is 0.497 e. The van der Waals surface area contributed by atoms with E-state index in [1.54, 1.807) is 30.3 Å². The number of carbonyl (C=O) groups is 2. The molecule has 0 unspecified atom stereocenters. The van der Waals surface area contributed by atoms with Gasteiger partial charge in [0.2, 0.25) is 0 Å². The first-order chi connectivity index (χ1) is 11.0. The molecule has 7 heteroatoms. The molecular formula is C16H14BrNO5. The number of aromatic carboxylic acids is 1. The summed E-state index contributed by atoms with van der Waals surface area (Å²) in [5.41, 5.74) is 0.542. The molecule has 0 heterocycles. The summed E-state index contributed by atoms with van der Waals surface area (Å²) in [7, 11) is 1.53. The van der Waals surface area contributed by atoms with Crippen LogP contribution in [0, 0.1) is 0 Å². The summed E-state index contributed by atoms with van der Waals surface area (Å²) in [6, 6.07) is 11.4. The molecule has 0 aliphatic heterocycles. The van der Waals surface area contributed by atoms with E-state index in [0.29, 0.717) is 15.9 Å². The van der Waals surface area contributed by atoms with Gasteiger partial charge >= 0.3 is 5.97 Å². The number of hydrogen-bond donors (Lipinski definition) is 2. The number of carboxylic acids is 1. The summed E-state index contributed by atoms with van der Waals surface area (Å²) < 4.78 is 11.0. The lowest BCUT2D eigenvalue weighted by atomic mass is 10.2. The highest BCUT2D eigenvalue weighted by Gasteiger charge is 2.13. The molecule has 2 N–H and O–H groups in total. The molecule has 0 bridgehead atoms. The van der Waals surface area contributed by atoms with Gasteiger partial charge in [-0.2, -0.15) is 0 Å². The molecule has 0 aromatic heterocycles. The summed E-state index contributed by atoms with van der Waals surface area (Å²) in [6.45, 7) is -0.306. The summed E-state index contributed by atoms with van der Waals surface area (Å²) >= 11 is 3.19. The Morgan fingerprint density at radius 1 is 1.22 bits per heavy atom. The van der Waals surface area contributed by atoms with Crippen LogP contribution in [0.2, 0.25) is 0 Å². The number of rotatable bonds is 6. The van der Waals surface area contributed by atoms with Crippen LogP contribution in [0.5, 0.6) is 11.5 Å². The fourth-order valence-corrected chi connectivity index (χ4v) is 2.20. The predicted molar refractivity (Wildman–Crippen MR) is 88.2 cm³/mol. The Labute approximate surface area is 141 Å². The van der Waals surface area contributed by atoms with Gasteiger partial charge in [-0.15, -0.1) is 0 Å². The zero-order chi connectivity index (χ0) is 16.8. The van der Waals surface area contributed by atoms with Crippen LogP contribution in [0.4, 0.5) is 5.69 Å². The van der Waals surface area contributed by atoms with Crippen molar-refractivity contribution in [2.24, 2.45) is 0 Å². The second-order valence-electron chi connectivity index (χ2n) is 4.51. The van der Waals surface area contributed by atoms with Crippen molar-refractivity contribution >= 4 is 33.5 Å². The molecule has 2 rings (SSSR count). The highest BCUT2D eigenvalue weighted by molar-refractivity contribution is 9.10. The van der Waals surface area contributed by atoms with Crippen molar-refractivity contribution in [3.63, 3.8) is 0 Å². The lowest BCUT2D eigenvalue weighted by Crippen LogP contribution is -2.20. The molecule has 0 atom stereocenters. The Bertz CT molecular complexity index is 732. The molecule has 23 heavy (non-hydrogen) atoms. The molecule has 6 nitrogen and oxygen atoms in total. The fraction of sp³-hybridized carbons (Fsp3) is 0.125. The summed E-state index contributed by atoms with van der Waals surface area (Å²) in [6.07, 6.45) is 0. The maximum atomic E-state index is 11.9. The van der Waals surface area contributed by atoms with E-state index >= 15 is 0 Å². The van der Waals surface area contributed by atoms with E-state index in [-0.39, 0.29) is 17.9 Å². The van der Waals surface area contributed by atoms with Crippen LogP contribution in [0.15, 0.2) is 46.9 Å². The number of nitrogens with one attached hydrogen (secondary N) is 1. The quantitative estimate of drug-likeness (QED) is 0.804. The van der Waals surface area contributed by atoms with Crippen LogP contribution in [-0.4, -0.2) is 30.7 Å². The van der Waals surface area contributed by atoms with E-state index in [4.69, 9.17) is 14.6 Å². The summed E-state index contributed by atoms with van der Waals surface area (Å²) in [5, 5.41) is 11.8. The number of ether oxygens (including phenoxy) is 2. The van der Waals surface area contributed by atoms with Gasteiger partial charge in [-0.25, -0.2) is 4.79 Å². The summed E-state index contributed by atoms with van der Waals surface area (Å²) in [4.78, 5) is 23.1. The van der Waals surface area contributed by atoms with Crippen molar-refractivity contribution in [1.82, 2.24) is 0 Å². The Hall–Kier alpha value is -2.54. The van der Waals surface area contributed by atoms with Crippen LogP contribution < -0.4 is 14.8 Å². The molecule has 0 saturated heterocycles. The van der Waals surface area contributed by atoms with E-state index in [1.165, 1.54) is 19.2 Å². The number of methoxy groups -OCH3 is 1. The van der Waals surface area contributed by atoms with Gasteiger partial charge in [0.25, 0.3) is 5.91 Å². The SMILES string of the molecule is COc1cccc(NC(=O)COc2ccc(Br)cc2C(=O)O)c1. The van der Waals surface area contributed by atoms with Gasteiger partial charge in [0.15, 0.2) is 6.61 Å². The second kappa shape index (κ2) is 7.64. The molecule has 0 spiro atoms. The highest BCUT2D eigenvalue weighted by atomic mass is 79.9. The van der Waals surface area contributed by atoms with Crippen molar-refractivity contribution in [1.29, 1.82) is 0 Å². The first kappa shape index (κ1) is 16.8. The van der Waals surface area contributed by atoms with Gasteiger partial charge in [0.05, 0.1) is 7.11 Å². The summed E-state index contributed by atoms with van der Waals surface area (Å²) in [5.74, 6) is -0.793. The van der Waals surface area contributed by atoms with Crippen molar-refractivity contribution in [3.8, 4) is 11.5 Å². The average molecular weight is 380 g/mol. The first-order valence-electron chi connectivity index (χ1n) is 6.59. The third-order valence-electron chi connectivity index (χ3n) is 2.88. The van der Waals surface area contributed by atoms with Gasteiger partial charge in [0, 0.05) is 16.2 Å². The van der Waals surface area contributed by atoms with Gasteiger partial charge in [-0.1, -0.05) is 22.0 Å². The molecule has 0 radical (unpaired) electrons. The third kappa shape index (κ3) is 4.72. The van der Waals surface area contributed by atoms with E-state index < -0.39 is 11.9 Å². The van der Waals surface area contributed by atoms with Crippen LogP contribution in [0.1, 0.15) is 10.4 Å². The maximum absolute atomic E-state index is 11.9. The molecule has 2 aromatic rings. The number of carbonyl (C=O) groups excluding carboxylic acids is 1. The smallest absolute Gasteiger partial charge is 0.339 e. The zero-order valence-corrected chi connectivity index (χ0v) is 13.8. The van der Waals surface area contributed by atoms with Crippen LogP contribution >= 0.6 is 15.9 Å². The average Bonchev–Trinajstić information content (AvgIpc) is 2.53. The van der Waals surface area contributed by atoms with E-state index in [1.807, 2.05) is 0 Å². The minimum atomic E-state index is -1.13. The van der Waals surface area contributed by atoms with Gasteiger partial charge in [-0.05, 0) is 30.3 Å². The number of benzene rings is 2. The highest BCUT2D eigenvalue weighted by Crippen LogP contribution is 2.23. The van der Waals surface area contributed by atoms with Gasteiger partial charge in [-0.3, -0.25) is 4.79 Å². The lowest BCUT2D eigenvalue weighted by Gasteiger charge is -2.10. The molecule has 0 fully saturated rings. The topological polar surface area (TPSA) is 84.9 Å². The van der Waals surface area contributed by atoms with Gasteiger partial charge < -0.3 is 19.9 Å². The Kier molecular flexibility index (Phi) is 5.59. The number of carboxylic acid groups (broad SMARTS) is 1. The zero-order valence-electron chi connectivity index (χ0n) is 12.2. The molecule has 0 aliphatic carbocycles. The lowest BCUT2D eigenvalue weighted by molar-refractivity contribution is -0.118. The molecular weight excluding hydrogens is 366 g/mol. The molecule has 1 amide bonds. The number of halogens is 1. The predicted octanol–water partition coefficient (Wildman–Crippen LogP) is 3.17. The third-order valence-corrected chi connectivity index (χ3v) is 3.38. The molecule has 2 aromatic carbocycles. The minimum Gasteiger partial charge on any atom is -0.497 e. The van der Waals surface area contributed by atoms with Crippen molar-refractivity contribution in [2.75, 3.05) is 19.0 Å². The van der Waals surface area contributed by atoms with E-state index in [0.717, 1.165) is 0 Å². The van der Waals surface area contributed by atoms with Crippen molar-refractivity contribution in [3.05, 3.63) is 52.5 Å². The van der Waals surface area contributed by atoms with Crippen LogP contribution in [-0.2, 0) is 4.79 Å². The Balaban J connectivity index is 2.00. The second-order valence-corrected chi connectivity index (χ2v) is 5.43. The van der Waals surface area contributed by atoms with Crippen LogP contribution in [0.25, 0.3) is 0 Å². The fourth-order valence-electron chi connectivity index (χ4n) is 1.84. The number of hydrogen-bond acceptors (Lipinski definition) is 4. The molecule has 0 aliphatic rings. The number of anilines is 1. The van der Waals surface area contributed by atoms with Crippen LogP contribution in [0.3, 0.4) is 0 Å². The van der Waals surface area contributed by atoms with E-state index in [9.17, 15) is 9.59 Å². The standard InChI is InChI=1S/C16H14BrNO5/c1-22-12-4-2-3-11(8-12)18-15(19)9-23-14-6-5-10(17)7-13(14)16(20)21/h2-8H,9H2,1H3,(H,18,19)(H,20,21). The molecule has 120 valence electrons. The Morgan fingerprint density at radius 2 is 2.00 bits per heavy atom. The Morgan fingerprint density at radius 3 is 2.70 bits per heavy atom. The first-order valence-corrected chi connectivity index (χ1v) is 7.38. The number of amides is 1. The van der Waals surface area contributed by atoms with Crippen molar-refractivity contribution < 1.29 is 24.2 Å². The van der Waals surface area contributed by atoms with E-state index in [2.05, 4.69) is 21.2 Å². The van der Waals surface area contributed by atoms with Crippen molar-refractivity contribution in [2.45, 2.75) is 0 Å². The monoisotopic (exact) mass is 379 g/mol. The normalized spacial score (nSPS) is 10.0. The minimum absolute atomic E-state index is 0.0199.